The Morgan fingerprint density at radius 3 is 2.88 bits per heavy atom. The Balaban J connectivity index is 0.00000256. The molecule has 98 valence electrons. The van der Waals surface area contributed by atoms with Crippen LogP contribution in [0.4, 0.5) is 0 Å². The molecule has 3 N–H and O–H groups in total. The summed E-state index contributed by atoms with van der Waals surface area (Å²) in [6.45, 7) is 0.871. The van der Waals surface area contributed by atoms with E-state index in [9.17, 15) is 4.79 Å². The van der Waals surface area contributed by atoms with Crippen LogP contribution in [0.5, 0.6) is 0 Å². The molecule has 0 aliphatic rings. The van der Waals surface area contributed by atoms with Crippen molar-refractivity contribution in [1.82, 2.24) is 5.32 Å². The number of methoxy groups -OCH3 is 1. The highest BCUT2D eigenvalue weighted by atomic mass is 127. The first kappa shape index (κ1) is 17.1. The van der Waals surface area contributed by atoms with Crippen molar-refractivity contribution in [1.29, 1.82) is 0 Å². The fraction of sp³-hybridized carbons (Fsp3) is 0.500. The van der Waals surface area contributed by atoms with Crippen molar-refractivity contribution in [2.24, 2.45) is 5.73 Å². The third kappa shape index (κ3) is 6.56. The van der Waals surface area contributed by atoms with E-state index in [1.807, 2.05) is 0 Å². The van der Waals surface area contributed by atoms with E-state index in [0.29, 0.717) is 6.54 Å². The van der Waals surface area contributed by atoms with Crippen LogP contribution in [0, 0.1) is 2.88 Å². The molecule has 0 saturated carbocycles. The van der Waals surface area contributed by atoms with E-state index in [0.717, 1.165) is 6.42 Å². The molecule has 1 aromatic heterocycles. The molecule has 7 heteroatoms. The summed E-state index contributed by atoms with van der Waals surface area (Å²) in [6.07, 6.45) is 0.846. The van der Waals surface area contributed by atoms with Gasteiger partial charge in [0.25, 0.3) is 0 Å². The van der Waals surface area contributed by atoms with Crippen LogP contribution in [0.1, 0.15) is 4.88 Å². The van der Waals surface area contributed by atoms with E-state index in [1.54, 1.807) is 11.3 Å². The second-order valence-electron chi connectivity index (χ2n) is 3.31. The number of thiophene rings is 1. The molecule has 1 unspecified atom stereocenters. The molecule has 0 aliphatic carbocycles. The monoisotopic (exact) mass is 390 g/mol. The van der Waals surface area contributed by atoms with Gasteiger partial charge < -0.3 is 15.8 Å². The second-order valence-corrected chi connectivity index (χ2v) is 6.37. The Morgan fingerprint density at radius 1 is 1.65 bits per heavy atom. The first-order chi connectivity index (χ1) is 7.63. The highest BCUT2D eigenvalue weighted by molar-refractivity contribution is 14.1. The fourth-order valence-electron chi connectivity index (χ4n) is 1.18. The molecule has 17 heavy (non-hydrogen) atoms. The number of amides is 1. The summed E-state index contributed by atoms with van der Waals surface area (Å²) < 4.78 is 6.07. The standard InChI is InChI=1S/C10H15IN2O2S.ClH/c1-15-6-8(12)10(14)13-5-4-7-2-3-9(11)16-7;/h2-3,8H,4-6,12H2,1H3,(H,13,14);1H. The summed E-state index contributed by atoms with van der Waals surface area (Å²) in [5.74, 6) is -0.159. The minimum Gasteiger partial charge on any atom is -0.383 e. The number of nitrogens with one attached hydrogen (secondary N) is 1. The fourth-order valence-corrected chi connectivity index (χ4v) is 2.94. The Kier molecular flexibility index (Phi) is 9.15. The Hall–Kier alpha value is 0.110. The smallest absolute Gasteiger partial charge is 0.239 e. The molecule has 0 saturated heterocycles. The molecule has 1 rings (SSSR count). The molecular weight excluding hydrogens is 375 g/mol. The second kappa shape index (κ2) is 9.09. The van der Waals surface area contributed by atoms with Crippen LogP contribution in [0.2, 0.25) is 0 Å². The van der Waals surface area contributed by atoms with Gasteiger partial charge in [-0.15, -0.1) is 23.7 Å². The number of rotatable bonds is 6. The van der Waals surface area contributed by atoms with Crippen LogP contribution >= 0.6 is 46.3 Å². The van der Waals surface area contributed by atoms with Gasteiger partial charge in [0.1, 0.15) is 6.04 Å². The predicted octanol–water partition coefficient (Wildman–Crippen LogP) is 1.41. The number of carbonyl (C=O) groups is 1. The number of nitrogens with two attached hydrogens (primary N) is 1. The van der Waals surface area contributed by atoms with Gasteiger partial charge >= 0.3 is 0 Å². The van der Waals surface area contributed by atoms with E-state index in [1.165, 1.54) is 14.9 Å². The van der Waals surface area contributed by atoms with Gasteiger partial charge in [0.15, 0.2) is 0 Å². The number of ether oxygens (including phenoxy) is 1. The van der Waals surface area contributed by atoms with Gasteiger partial charge in [-0.1, -0.05) is 0 Å². The maximum Gasteiger partial charge on any atom is 0.239 e. The lowest BCUT2D eigenvalue weighted by Crippen LogP contribution is -2.44. The van der Waals surface area contributed by atoms with Gasteiger partial charge in [-0.25, -0.2) is 0 Å². The number of halogens is 2. The van der Waals surface area contributed by atoms with Crippen LogP contribution in [-0.4, -0.2) is 32.2 Å². The zero-order valence-electron chi connectivity index (χ0n) is 9.44. The van der Waals surface area contributed by atoms with E-state index < -0.39 is 6.04 Å². The lowest BCUT2D eigenvalue weighted by Gasteiger charge is -2.10. The summed E-state index contributed by atoms with van der Waals surface area (Å²) >= 11 is 4.02. The van der Waals surface area contributed by atoms with Gasteiger partial charge in [-0.05, 0) is 41.1 Å². The summed E-state index contributed by atoms with van der Waals surface area (Å²) in [6, 6.07) is 3.57. The van der Waals surface area contributed by atoms with Crippen molar-refractivity contribution in [2.75, 3.05) is 20.3 Å². The largest absolute Gasteiger partial charge is 0.383 e. The van der Waals surface area contributed by atoms with Crippen molar-refractivity contribution in [3.63, 3.8) is 0 Å². The minimum absolute atomic E-state index is 0. The molecule has 0 aliphatic heterocycles. The van der Waals surface area contributed by atoms with E-state index in [-0.39, 0.29) is 24.9 Å². The normalized spacial score (nSPS) is 11.7. The lowest BCUT2D eigenvalue weighted by molar-refractivity contribution is -0.123. The van der Waals surface area contributed by atoms with E-state index in [4.69, 9.17) is 10.5 Å². The minimum atomic E-state index is -0.575. The van der Waals surface area contributed by atoms with Gasteiger partial charge in [-0.3, -0.25) is 4.79 Å². The Labute approximate surface area is 125 Å². The predicted molar refractivity (Wildman–Crippen MR) is 80.8 cm³/mol. The van der Waals surface area contributed by atoms with E-state index in [2.05, 4.69) is 40.0 Å². The molecule has 1 atom stereocenters. The average Bonchev–Trinajstić information content (AvgIpc) is 2.64. The molecule has 1 aromatic rings. The number of carbonyl (C=O) groups excluding carboxylic acids is 1. The highest BCUT2D eigenvalue weighted by Gasteiger charge is 2.11. The van der Waals surface area contributed by atoms with Gasteiger partial charge in [-0.2, -0.15) is 0 Å². The first-order valence-corrected chi connectivity index (χ1v) is 6.79. The third-order valence-electron chi connectivity index (χ3n) is 1.98. The highest BCUT2D eigenvalue weighted by Crippen LogP contribution is 2.18. The van der Waals surface area contributed by atoms with Gasteiger partial charge in [0.05, 0.1) is 9.49 Å². The summed E-state index contributed by atoms with van der Waals surface area (Å²) in [4.78, 5) is 12.7. The molecule has 1 heterocycles. The Bertz CT molecular complexity index is 349. The molecule has 0 spiro atoms. The summed E-state index contributed by atoms with van der Waals surface area (Å²) in [7, 11) is 1.53. The molecule has 0 fully saturated rings. The molecular formula is C10H16ClIN2O2S. The van der Waals surface area contributed by atoms with Gasteiger partial charge in [0, 0.05) is 18.5 Å². The van der Waals surface area contributed by atoms with Crippen molar-refractivity contribution in [3.05, 3.63) is 19.9 Å². The van der Waals surface area contributed by atoms with Crippen LogP contribution in [0.15, 0.2) is 12.1 Å². The lowest BCUT2D eigenvalue weighted by atomic mass is 10.3. The van der Waals surface area contributed by atoms with E-state index >= 15 is 0 Å². The van der Waals surface area contributed by atoms with Crippen molar-refractivity contribution >= 4 is 52.2 Å². The molecule has 1 amide bonds. The topological polar surface area (TPSA) is 64.3 Å². The van der Waals surface area contributed by atoms with Crippen molar-refractivity contribution in [2.45, 2.75) is 12.5 Å². The molecule has 0 aromatic carbocycles. The van der Waals surface area contributed by atoms with Gasteiger partial charge in [0.2, 0.25) is 5.91 Å². The zero-order valence-corrected chi connectivity index (χ0v) is 13.2. The number of hydrogen-bond acceptors (Lipinski definition) is 4. The van der Waals surface area contributed by atoms with Crippen molar-refractivity contribution < 1.29 is 9.53 Å². The third-order valence-corrected chi connectivity index (χ3v) is 3.94. The summed E-state index contributed by atoms with van der Waals surface area (Å²) in [5, 5.41) is 2.79. The molecule has 0 bridgehead atoms. The van der Waals surface area contributed by atoms with Crippen LogP contribution in [0.3, 0.4) is 0 Å². The zero-order chi connectivity index (χ0) is 12.0. The van der Waals surface area contributed by atoms with Crippen LogP contribution < -0.4 is 11.1 Å². The first-order valence-electron chi connectivity index (χ1n) is 4.90. The maximum atomic E-state index is 11.4. The Morgan fingerprint density at radius 2 is 2.35 bits per heavy atom. The average molecular weight is 391 g/mol. The maximum absolute atomic E-state index is 11.4. The van der Waals surface area contributed by atoms with Crippen LogP contribution in [-0.2, 0) is 16.0 Å². The van der Waals surface area contributed by atoms with Crippen molar-refractivity contribution in [3.8, 4) is 0 Å². The molecule has 0 radical (unpaired) electrons. The summed E-state index contributed by atoms with van der Waals surface area (Å²) in [5.41, 5.74) is 5.58. The SMILES string of the molecule is COCC(N)C(=O)NCCc1ccc(I)s1.Cl. The van der Waals surface area contributed by atoms with Crippen LogP contribution in [0.25, 0.3) is 0 Å². The molecule has 4 nitrogen and oxygen atoms in total. The quantitative estimate of drug-likeness (QED) is 0.722. The number of hydrogen-bond donors (Lipinski definition) is 2.